The number of nitrogens with zero attached hydrogens (tertiary/aromatic N) is 3. The van der Waals surface area contributed by atoms with E-state index >= 15 is 0 Å². The average molecular weight is 418 g/mol. The zero-order valence-electron chi connectivity index (χ0n) is 16.7. The molecule has 1 aromatic carbocycles. The number of hydrogen-bond acceptors (Lipinski definition) is 5. The number of benzene rings is 1. The number of sulfonamides is 1. The zero-order chi connectivity index (χ0) is 20.6. The Labute approximate surface area is 172 Å². The molecular formula is C21H27N3O4S. The normalized spacial score (nSPS) is 26.6. The van der Waals surface area contributed by atoms with Gasteiger partial charge in [-0.1, -0.05) is 29.8 Å². The Balaban J connectivity index is 1.41. The monoisotopic (exact) mass is 417 g/mol. The number of amides is 2. The first kappa shape index (κ1) is 20.3. The second-order valence-corrected chi connectivity index (χ2v) is 10.0. The Morgan fingerprint density at radius 3 is 2.14 bits per heavy atom. The highest BCUT2D eigenvalue weighted by atomic mass is 32.2. The van der Waals surface area contributed by atoms with Gasteiger partial charge < -0.3 is 0 Å². The van der Waals surface area contributed by atoms with Crippen molar-refractivity contribution < 1.29 is 18.0 Å². The predicted octanol–water partition coefficient (Wildman–Crippen LogP) is 1.60. The molecule has 0 spiro atoms. The summed E-state index contributed by atoms with van der Waals surface area (Å²) in [6.45, 7) is 4.11. The summed E-state index contributed by atoms with van der Waals surface area (Å²) >= 11 is 0. The summed E-state index contributed by atoms with van der Waals surface area (Å²) in [5.41, 5.74) is 1.02. The maximum absolute atomic E-state index is 13.0. The first-order chi connectivity index (χ1) is 13.9. The molecule has 1 aromatic rings. The number of fused-ring (bicyclic) bond motifs is 1. The second kappa shape index (κ2) is 8.01. The van der Waals surface area contributed by atoms with Crippen molar-refractivity contribution in [2.75, 3.05) is 32.8 Å². The van der Waals surface area contributed by atoms with Crippen LogP contribution in [0.1, 0.15) is 24.8 Å². The van der Waals surface area contributed by atoms with Crippen molar-refractivity contribution >= 4 is 21.8 Å². The number of rotatable bonds is 4. The van der Waals surface area contributed by atoms with Crippen LogP contribution in [0.4, 0.5) is 0 Å². The molecular weight excluding hydrogens is 390 g/mol. The molecule has 2 saturated heterocycles. The molecule has 2 atom stereocenters. The molecule has 156 valence electrons. The van der Waals surface area contributed by atoms with Crippen LogP contribution < -0.4 is 0 Å². The van der Waals surface area contributed by atoms with Crippen molar-refractivity contribution in [1.29, 1.82) is 0 Å². The van der Waals surface area contributed by atoms with Crippen LogP contribution in [0.5, 0.6) is 0 Å². The summed E-state index contributed by atoms with van der Waals surface area (Å²) in [5.74, 6) is -0.619. The average Bonchev–Trinajstić information content (AvgIpc) is 2.88. The van der Waals surface area contributed by atoms with Gasteiger partial charge in [0.05, 0.1) is 23.4 Å². The van der Waals surface area contributed by atoms with Gasteiger partial charge in [0.15, 0.2) is 0 Å². The summed E-state index contributed by atoms with van der Waals surface area (Å²) < 4.78 is 27.4. The molecule has 29 heavy (non-hydrogen) atoms. The fraction of sp³-hybridized carbons (Fsp3) is 0.524. The molecule has 0 radical (unpaired) electrons. The molecule has 0 N–H and O–H groups in total. The van der Waals surface area contributed by atoms with E-state index in [0.717, 1.165) is 5.56 Å². The maximum atomic E-state index is 13.0. The van der Waals surface area contributed by atoms with Gasteiger partial charge in [-0.2, -0.15) is 4.31 Å². The minimum absolute atomic E-state index is 0.0854. The van der Waals surface area contributed by atoms with Crippen LogP contribution in [0, 0.1) is 18.8 Å². The Morgan fingerprint density at radius 2 is 1.52 bits per heavy atom. The lowest BCUT2D eigenvalue weighted by Crippen LogP contribution is -2.43. The Hall–Kier alpha value is -2.03. The van der Waals surface area contributed by atoms with Crippen LogP contribution in [0.3, 0.4) is 0 Å². The van der Waals surface area contributed by atoms with Gasteiger partial charge in [0.1, 0.15) is 0 Å². The van der Waals surface area contributed by atoms with Crippen LogP contribution in [-0.4, -0.2) is 67.2 Å². The number of carbonyl (C=O) groups is 2. The lowest BCUT2D eigenvalue weighted by atomic mass is 9.85. The van der Waals surface area contributed by atoms with Crippen molar-refractivity contribution in [2.45, 2.75) is 31.1 Å². The highest BCUT2D eigenvalue weighted by Gasteiger charge is 2.47. The van der Waals surface area contributed by atoms with Gasteiger partial charge in [-0.05, 0) is 38.3 Å². The quantitative estimate of drug-likeness (QED) is 0.549. The zero-order valence-corrected chi connectivity index (χ0v) is 17.5. The molecule has 0 bridgehead atoms. The van der Waals surface area contributed by atoms with Crippen molar-refractivity contribution in [1.82, 2.24) is 14.1 Å². The predicted molar refractivity (Wildman–Crippen MR) is 108 cm³/mol. The smallest absolute Gasteiger partial charge is 0.243 e. The third-order valence-electron chi connectivity index (χ3n) is 6.15. The molecule has 7 nitrogen and oxygen atoms in total. The topological polar surface area (TPSA) is 78.0 Å². The molecule has 3 aliphatic rings. The summed E-state index contributed by atoms with van der Waals surface area (Å²) in [6, 6.07) is 6.89. The van der Waals surface area contributed by atoms with Crippen LogP contribution in [0.2, 0.25) is 0 Å². The number of imide groups is 1. The number of aryl methyl sites for hydroxylation is 1. The fourth-order valence-corrected chi connectivity index (χ4v) is 5.87. The minimum Gasteiger partial charge on any atom is -0.284 e. The van der Waals surface area contributed by atoms with E-state index in [1.165, 1.54) is 9.21 Å². The van der Waals surface area contributed by atoms with E-state index in [4.69, 9.17) is 0 Å². The van der Waals surface area contributed by atoms with Gasteiger partial charge in [0, 0.05) is 26.2 Å². The maximum Gasteiger partial charge on any atom is 0.243 e. The molecule has 2 aliphatic heterocycles. The molecule has 2 heterocycles. The van der Waals surface area contributed by atoms with Crippen LogP contribution in [-0.2, 0) is 19.6 Å². The number of carbonyl (C=O) groups excluding carboxylic acids is 2. The summed E-state index contributed by atoms with van der Waals surface area (Å²) in [7, 11) is -3.54. The van der Waals surface area contributed by atoms with Gasteiger partial charge in [0.25, 0.3) is 0 Å². The minimum atomic E-state index is -3.54. The largest absolute Gasteiger partial charge is 0.284 e. The van der Waals surface area contributed by atoms with E-state index in [1.54, 1.807) is 24.3 Å². The van der Waals surface area contributed by atoms with Gasteiger partial charge >= 0.3 is 0 Å². The summed E-state index contributed by atoms with van der Waals surface area (Å²) in [4.78, 5) is 29.1. The van der Waals surface area contributed by atoms with E-state index in [2.05, 4.69) is 0 Å². The molecule has 8 heteroatoms. The summed E-state index contributed by atoms with van der Waals surface area (Å²) in [5, 5.41) is 0. The molecule has 0 saturated carbocycles. The van der Waals surface area contributed by atoms with E-state index in [9.17, 15) is 18.0 Å². The SMILES string of the molecule is Cc1ccc(S(=O)(=O)N2CCCN(CN3C(=O)[C@H]4CC=CC[C@H]4C3=O)CC2)cc1. The summed E-state index contributed by atoms with van der Waals surface area (Å²) in [6.07, 6.45) is 5.89. The van der Waals surface area contributed by atoms with Crippen LogP contribution >= 0.6 is 0 Å². The highest BCUT2D eigenvalue weighted by Crippen LogP contribution is 2.35. The van der Waals surface area contributed by atoms with E-state index < -0.39 is 10.0 Å². The first-order valence-electron chi connectivity index (χ1n) is 10.2. The molecule has 2 amide bonds. The second-order valence-electron chi connectivity index (χ2n) is 8.09. The van der Waals surface area contributed by atoms with Crippen molar-refractivity contribution in [3.63, 3.8) is 0 Å². The van der Waals surface area contributed by atoms with Gasteiger partial charge in [-0.3, -0.25) is 19.4 Å². The standard InChI is InChI=1S/C21H27N3O4S/c1-16-7-9-17(10-8-16)29(27,28)23-12-4-11-22(13-14-23)15-24-20(25)18-5-2-3-6-19(18)21(24)26/h2-3,7-10,18-19H,4-6,11-15H2,1H3/t18-,19+. The van der Waals surface area contributed by atoms with Gasteiger partial charge in [0.2, 0.25) is 21.8 Å². The van der Waals surface area contributed by atoms with Crippen molar-refractivity contribution in [2.24, 2.45) is 11.8 Å². The molecule has 0 aromatic heterocycles. The number of likely N-dealkylation sites (tertiary alicyclic amines) is 1. The first-order valence-corrected chi connectivity index (χ1v) is 11.6. The lowest BCUT2D eigenvalue weighted by molar-refractivity contribution is -0.142. The van der Waals surface area contributed by atoms with E-state index in [-0.39, 0.29) is 30.3 Å². The highest BCUT2D eigenvalue weighted by molar-refractivity contribution is 7.89. The number of allylic oxidation sites excluding steroid dienone is 2. The molecule has 0 unspecified atom stereocenters. The third kappa shape index (κ3) is 3.89. The van der Waals surface area contributed by atoms with Gasteiger partial charge in [-0.25, -0.2) is 8.42 Å². The fourth-order valence-electron chi connectivity index (χ4n) is 4.40. The van der Waals surface area contributed by atoms with E-state index in [1.807, 2.05) is 24.0 Å². The Bertz CT molecular complexity index is 900. The van der Waals surface area contributed by atoms with Crippen molar-refractivity contribution in [3.05, 3.63) is 42.0 Å². The van der Waals surface area contributed by atoms with Gasteiger partial charge in [-0.15, -0.1) is 0 Å². The van der Waals surface area contributed by atoms with Crippen LogP contribution in [0.15, 0.2) is 41.3 Å². The van der Waals surface area contributed by atoms with E-state index in [0.29, 0.717) is 50.3 Å². The van der Waals surface area contributed by atoms with Crippen LogP contribution in [0.25, 0.3) is 0 Å². The molecule has 2 fully saturated rings. The third-order valence-corrected chi connectivity index (χ3v) is 8.06. The molecule has 4 rings (SSSR count). The molecule has 1 aliphatic carbocycles. The lowest BCUT2D eigenvalue weighted by Gasteiger charge is -2.26. The van der Waals surface area contributed by atoms with Crippen molar-refractivity contribution in [3.8, 4) is 0 Å². The Morgan fingerprint density at radius 1 is 0.897 bits per heavy atom. The number of hydrogen-bond donors (Lipinski definition) is 0. The Kier molecular flexibility index (Phi) is 5.59.